The van der Waals surface area contributed by atoms with Crippen LogP contribution in [0.2, 0.25) is 0 Å². The molecule has 2 heterocycles. The number of aromatic nitrogens is 3. The zero-order valence-corrected chi connectivity index (χ0v) is 18.1. The topological polar surface area (TPSA) is 70.2 Å². The van der Waals surface area contributed by atoms with E-state index < -0.39 is 5.91 Å². The van der Waals surface area contributed by atoms with Gasteiger partial charge in [-0.25, -0.2) is 9.53 Å². The van der Waals surface area contributed by atoms with Gasteiger partial charge in [0, 0.05) is 29.3 Å². The van der Waals surface area contributed by atoms with Crippen LogP contribution in [0, 0.1) is 13.5 Å². The first-order valence-corrected chi connectivity index (χ1v) is 10.5. The van der Waals surface area contributed by atoms with Gasteiger partial charge in [0.15, 0.2) is 11.4 Å². The number of amides is 1. The first-order valence-electron chi connectivity index (χ1n) is 10.5. The number of rotatable bonds is 5. The van der Waals surface area contributed by atoms with Gasteiger partial charge in [0.2, 0.25) is 0 Å². The average molecular weight is 431 g/mol. The molecular weight excluding hydrogens is 410 g/mol. The predicted octanol–water partition coefficient (Wildman–Crippen LogP) is 5.50. The second kappa shape index (κ2) is 8.13. The molecule has 0 atom stereocenters. The molecule has 33 heavy (non-hydrogen) atoms. The second-order valence-electron chi connectivity index (χ2n) is 7.99. The third-order valence-electron chi connectivity index (χ3n) is 5.78. The van der Waals surface area contributed by atoms with Crippen molar-refractivity contribution >= 4 is 22.5 Å². The van der Waals surface area contributed by atoms with Crippen LogP contribution in [0.5, 0.6) is 0 Å². The Hall–Kier alpha value is -4.63. The minimum atomic E-state index is -0.532. The molecule has 0 aliphatic carbocycles. The number of aryl methyl sites for hydroxylation is 1. The number of nitrogens with two attached hydrogens (primary N) is 1. The van der Waals surface area contributed by atoms with Crippen molar-refractivity contribution in [2.75, 3.05) is 0 Å². The van der Waals surface area contributed by atoms with E-state index in [1.165, 1.54) is 5.56 Å². The highest BCUT2D eigenvalue weighted by Crippen LogP contribution is 2.25. The van der Waals surface area contributed by atoms with Gasteiger partial charge >= 0.3 is 0 Å². The Kier molecular flexibility index (Phi) is 5.00. The van der Waals surface area contributed by atoms with Crippen LogP contribution in [0.25, 0.3) is 32.6 Å². The quantitative estimate of drug-likeness (QED) is 0.373. The molecule has 0 bridgehead atoms. The van der Waals surface area contributed by atoms with Crippen molar-refractivity contribution in [2.24, 2.45) is 5.73 Å². The highest BCUT2D eigenvalue weighted by Gasteiger charge is 2.11. The summed E-state index contributed by atoms with van der Waals surface area (Å²) >= 11 is 0. The number of benzene rings is 3. The van der Waals surface area contributed by atoms with Crippen LogP contribution in [0.4, 0.5) is 5.69 Å². The summed E-state index contributed by atoms with van der Waals surface area (Å²) in [4.78, 5) is 14.9. The molecule has 0 spiro atoms. The number of fused-ring (bicyclic) bond motifs is 1. The highest BCUT2D eigenvalue weighted by molar-refractivity contribution is 5.91. The maximum Gasteiger partial charge on any atom is 0.269 e. The molecule has 5 rings (SSSR count). The molecule has 1 amide bonds. The van der Waals surface area contributed by atoms with E-state index in [2.05, 4.69) is 63.2 Å². The average Bonchev–Trinajstić information content (AvgIpc) is 3.43. The molecule has 3 aromatic carbocycles. The van der Waals surface area contributed by atoms with Gasteiger partial charge in [-0.1, -0.05) is 48.5 Å². The Labute approximate surface area is 191 Å². The number of hydrogen-bond acceptors (Lipinski definition) is 2. The SMILES string of the molecule is [C-]#[N+]c1ccc(-c2ccc(Cn3ccc4cc(-n5nc(C(N)=O)cc5C)ccc43)cc2)cc1. The third-order valence-corrected chi connectivity index (χ3v) is 5.78. The molecule has 0 fully saturated rings. The van der Waals surface area contributed by atoms with Gasteiger partial charge in [-0.3, -0.25) is 4.79 Å². The Morgan fingerprint density at radius 1 is 0.970 bits per heavy atom. The number of carbonyl (C=O) groups excluding carboxylic acids is 1. The van der Waals surface area contributed by atoms with E-state index in [1.807, 2.05) is 37.3 Å². The van der Waals surface area contributed by atoms with Crippen molar-refractivity contribution in [3.8, 4) is 16.8 Å². The molecular formula is C27H21N5O. The van der Waals surface area contributed by atoms with Crippen molar-refractivity contribution in [2.45, 2.75) is 13.5 Å². The molecule has 0 aliphatic heterocycles. The van der Waals surface area contributed by atoms with Gasteiger partial charge in [0.1, 0.15) is 0 Å². The van der Waals surface area contributed by atoms with Gasteiger partial charge in [-0.05, 0) is 53.9 Å². The molecule has 0 aliphatic rings. The Morgan fingerprint density at radius 3 is 2.30 bits per heavy atom. The lowest BCUT2D eigenvalue weighted by atomic mass is 10.0. The molecule has 6 heteroatoms. The molecule has 2 aromatic heterocycles. The largest absolute Gasteiger partial charge is 0.364 e. The summed E-state index contributed by atoms with van der Waals surface area (Å²) in [5.74, 6) is -0.532. The van der Waals surface area contributed by atoms with Crippen molar-refractivity contribution < 1.29 is 4.79 Å². The highest BCUT2D eigenvalue weighted by atomic mass is 16.1. The van der Waals surface area contributed by atoms with Gasteiger partial charge in [-0.2, -0.15) is 5.10 Å². The first kappa shape index (κ1) is 20.3. The fraction of sp³-hybridized carbons (Fsp3) is 0.0741. The molecule has 5 aromatic rings. The standard InChI is InChI=1S/C27H21N5O/c1-18-15-25(27(28)33)30-32(18)24-11-12-26-22(16-24)13-14-31(26)17-19-3-5-20(6-4-19)21-7-9-23(29-2)10-8-21/h3-16H,17H2,1H3,(H2,28,33). The van der Waals surface area contributed by atoms with Gasteiger partial charge in [0.25, 0.3) is 5.91 Å². The molecule has 0 radical (unpaired) electrons. The summed E-state index contributed by atoms with van der Waals surface area (Å²) in [6.07, 6.45) is 2.08. The van der Waals surface area contributed by atoms with Crippen LogP contribution < -0.4 is 5.73 Å². The van der Waals surface area contributed by atoms with E-state index >= 15 is 0 Å². The van der Waals surface area contributed by atoms with Crippen molar-refractivity contribution in [3.05, 3.63) is 113 Å². The monoisotopic (exact) mass is 431 g/mol. The van der Waals surface area contributed by atoms with Gasteiger partial charge in [-0.15, -0.1) is 0 Å². The van der Waals surface area contributed by atoms with E-state index in [0.717, 1.165) is 40.0 Å². The van der Waals surface area contributed by atoms with Crippen LogP contribution in [0.1, 0.15) is 21.7 Å². The van der Waals surface area contributed by atoms with Crippen LogP contribution in [0.3, 0.4) is 0 Å². The van der Waals surface area contributed by atoms with E-state index in [9.17, 15) is 4.79 Å². The fourth-order valence-electron chi connectivity index (χ4n) is 4.04. The maximum atomic E-state index is 11.4. The predicted molar refractivity (Wildman–Crippen MR) is 130 cm³/mol. The third kappa shape index (κ3) is 3.88. The summed E-state index contributed by atoms with van der Waals surface area (Å²) in [6.45, 7) is 9.74. The van der Waals surface area contributed by atoms with Crippen molar-refractivity contribution in [1.29, 1.82) is 0 Å². The van der Waals surface area contributed by atoms with E-state index in [0.29, 0.717) is 5.69 Å². The minimum Gasteiger partial charge on any atom is -0.364 e. The normalized spacial score (nSPS) is 10.9. The molecule has 2 N–H and O–H groups in total. The fourth-order valence-corrected chi connectivity index (χ4v) is 4.04. The van der Waals surface area contributed by atoms with Crippen LogP contribution in [0.15, 0.2) is 85.1 Å². The van der Waals surface area contributed by atoms with Gasteiger partial charge in [0.05, 0.1) is 12.3 Å². The number of carbonyl (C=O) groups is 1. The van der Waals surface area contributed by atoms with E-state index in [1.54, 1.807) is 10.7 Å². The van der Waals surface area contributed by atoms with E-state index in [-0.39, 0.29) is 5.69 Å². The van der Waals surface area contributed by atoms with E-state index in [4.69, 9.17) is 12.3 Å². The molecule has 0 unspecified atom stereocenters. The van der Waals surface area contributed by atoms with Crippen molar-refractivity contribution in [1.82, 2.24) is 14.3 Å². The number of primary amides is 1. The molecule has 0 saturated heterocycles. The summed E-state index contributed by atoms with van der Waals surface area (Å²) < 4.78 is 3.95. The molecule has 160 valence electrons. The first-order chi connectivity index (χ1) is 16.0. The summed E-state index contributed by atoms with van der Waals surface area (Å²) in [6, 6.07) is 26.1. The molecule has 6 nitrogen and oxygen atoms in total. The Morgan fingerprint density at radius 2 is 1.67 bits per heavy atom. The lowest BCUT2D eigenvalue weighted by Gasteiger charge is -2.09. The minimum absolute atomic E-state index is 0.260. The Bertz CT molecular complexity index is 1520. The smallest absolute Gasteiger partial charge is 0.269 e. The molecule has 0 saturated carbocycles. The number of hydrogen-bond donors (Lipinski definition) is 1. The van der Waals surface area contributed by atoms with Crippen LogP contribution >= 0.6 is 0 Å². The van der Waals surface area contributed by atoms with Crippen molar-refractivity contribution in [3.63, 3.8) is 0 Å². The Balaban J connectivity index is 1.38. The lowest BCUT2D eigenvalue weighted by molar-refractivity contribution is 0.0995. The second-order valence-corrected chi connectivity index (χ2v) is 7.99. The maximum absolute atomic E-state index is 11.4. The zero-order chi connectivity index (χ0) is 22.9. The number of nitrogens with zero attached hydrogens (tertiary/aromatic N) is 4. The van der Waals surface area contributed by atoms with Crippen LogP contribution in [-0.4, -0.2) is 20.3 Å². The van der Waals surface area contributed by atoms with Gasteiger partial charge < -0.3 is 10.3 Å². The van der Waals surface area contributed by atoms with Crippen LogP contribution in [-0.2, 0) is 6.54 Å². The summed E-state index contributed by atoms with van der Waals surface area (Å²) in [5, 5.41) is 5.42. The summed E-state index contributed by atoms with van der Waals surface area (Å²) in [5.41, 5.74) is 12.6. The zero-order valence-electron chi connectivity index (χ0n) is 18.1. The lowest BCUT2D eigenvalue weighted by Crippen LogP contribution is -2.12. The summed E-state index contributed by atoms with van der Waals surface area (Å²) in [7, 11) is 0.